The molecule has 1 atom stereocenters. The van der Waals surface area contributed by atoms with E-state index in [9.17, 15) is 4.39 Å². The standard InChI is InChI=1S/C14H18FN/c1-4-6-14(5-2)16-10-12-9-13(15)8-7-11(12)3/h1,7-9,14,16H,5-6,10H2,2-3H3. The second-order valence-corrected chi connectivity index (χ2v) is 3.97. The summed E-state index contributed by atoms with van der Waals surface area (Å²) in [6.45, 7) is 4.75. The summed E-state index contributed by atoms with van der Waals surface area (Å²) in [6, 6.07) is 5.17. The van der Waals surface area contributed by atoms with Crippen LogP contribution in [0.4, 0.5) is 4.39 Å². The Hall–Kier alpha value is -1.33. The summed E-state index contributed by atoms with van der Waals surface area (Å²) >= 11 is 0. The quantitative estimate of drug-likeness (QED) is 0.751. The highest BCUT2D eigenvalue weighted by molar-refractivity contribution is 5.26. The summed E-state index contributed by atoms with van der Waals surface area (Å²) in [4.78, 5) is 0. The molecule has 0 spiro atoms. The highest BCUT2D eigenvalue weighted by Gasteiger charge is 2.05. The van der Waals surface area contributed by atoms with Crippen LogP contribution in [0.25, 0.3) is 0 Å². The molecule has 1 aromatic rings. The fourth-order valence-corrected chi connectivity index (χ4v) is 1.59. The first-order valence-corrected chi connectivity index (χ1v) is 5.59. The molecule has 1 unspecified atom stereocenters. The Bertz CT molecular complexity index is 379. The molecule has 0 saturated heterocycles. The third-order valence-corrected chi connectivity index (χ3v) is 2.75. The van der Waals surface area contributed by atoms with Gasteiger partial charge in [0.2, 0.25) is 0 Å². The number of hydrogen-bond acceptors (Lipinski definition) is 1. The Balaban J connectivity index is 2.60. The van der Waals surface area contributed by atoms with Crippen molar-refractivity contribution >= 4 is 0 Å². The number of nitrogens with one attached hydrogen (secondary N) is 1. The molecular formula is C14H18FN. The predicted molar refractivity (Wildman–Crippen MR) is 65.5 cm³/mol. The fourth-order valence-electron chi connectivity index (χ4n) is 1.59. The maximum Gasteiger partial charge on any atom is 0.123 e. The molecule has 0 aliphatic rings. The van der Waals surface area contributed by atoms with E-state index < -0.39 is 0 Å². The van der Waals surface area contributed by atoms with Crippen molar-refractivity contribution < 1.29 is 4.39 Å². The number of aryl methyl sites for hydroxylation is 1. The smallest absolute Gasteiger partial charge is 0.123 e. The zero-order valence-electron chi connectivity index (χ0n) is 9.89. The van der Waals surface area contributed by atoms with Crippen LogP contribution in [0, 0.1) is 25.1 Å². The number of terminal acetylenes is 1. The molecule has 86 valence electrons. The lowest BCUT2D eigenvalue weighted by Crippen LogP contribution is -2.27. The molecule has 1 nitrogen and oxygen atoms in total. The molecule has 0 aromatic heterocycles. The lowest BCUT2D eigenvalue weighted by atomic mass is 10.1. The molecule has 0 aliphatic heterocycles. The van der Waals surface area contributed by atoms with Crippen LogP contribution in [-0.4, -0.2) is 6.04 Å². The van der Waals surface area contributed by atoms with Crippen LogP contribution >= 0.6 is 0 Å². The molecular weight excluding hydrogens is 201 g/mol. The minimum absolute atomic E-state index is 0.188. The zero-order valence-corrected chi connectivity index (χ0v) is 9.89. The largest absolute Gasteiger partial charge is 0.309 e. The molecule has 2 heteroatoms. The third-order valence-electron chi connectivity index (χ3n) is 2.75. The summed E-state index contributed by atoms with van der Waals surface area (Å²) in [5.41, 5.74) is 2.10. The van der Waals surface area contributed by atoms with E-state index in [2.05, 4.69) is 18.2 Å². The molecule has 0 fully saturated rings. The summed E-state index contributed by atoms with van der Waals surface area (Å²) in [7, 11) is 0. The predicted octanol–water partition coefficient (Wildman–Crippen LogP) is 3.03. The topological polar surface area (TPSA) is 12.0 Å². The number of halogens is 1. The molecule has 1 rings (SSSR count). The summed E-state index contributed by atoms with van der Waals surface area (Å²) in [5.74, 6) is 2.46. The van der Waals surface area contributed by atoms with Crippen molar-refractivity contribution in [2.24, 2.45) is 0 Å². The molecule has 0 bridgehead atoms. The average Bonchev–Trinajstić information content (AvgIpc) is 2.28. The maximum atomic E-state index is 13.0. The molecule has 16 heavy (non-hydrogen) atoms. The first kappa shape index (κ1) is 12.7. The van der Waals surface area contributed by atoms with Crippen LogP contribution in [0.3, 0.4) is 0 Å². The normalized spacial score (nSPS) is 12.1. The Morgan fingerprint density at radius 2 is 2.25 bits per heavy atom. The van der Waals surface area contributed by atoms with Crippen molar-refractivity contribution in [2.75, 3.05) is 0 Å². The molecule has 0 amide bonds. The molecule has 1 N–H and O–H groups in total. The zero-order chi connectivity index (χ0) is 12.0. The maximum absolute atomic E-state index is 13.0. The van der Waals surface area contributed by atoms with E-state index in [-0.39, 0.29) is 5.82 Å². The van der Waals surface area contributed by atoms with E-state index in [1.807, 2.05) is 6.92 Å². The monoisotopic (exact) mass is 219 g/mol. The van der Waals surface area contributed by atoms with Crippen LogP contribution in [0.1, 0.15) is 30.9 Å². The van der Waals surface area contributed by atoms with E-state index in [4.69, 9.17) is 6.42 Å². The lowest BCUT2D eigenvalue weighted by Gasteiger charge is -2.15. The Morgan fingerprint density at radius 3 is 2.88 bits per heavy atom. The van der Waals surface area contributed by atoms with Crippen LogP contribution < -0.4 is 5.32 Å². The van der Waals surface area contributed by atoms with Crippen LogP contribution in [0.5, 0.6) is 0 Å². The van der Waals surface area contributed by atoms with Crippen molar-refractivity contribution in [1.82, 2.24) is 5.32 Å². The van der Waals surface area contributed by atoms with Gasteiger partial charge in [-0.05, 0) is 36.6 Å². The van der Waals surface area contributed by atoms with Crippen LogP contribution in [0.15, 0.2) is 18.2 Å². The van der Waals surface area contributed by atoms with Gasteiger partial charge < -0.3 is 5.32 Å². The van der Waals surface area contributed by atoms with Crippen molar-refractivity contribution in [3.63, 3.8) is 0 Å². The van der Waals surface area contributed by atoms with E-state index in [0.717, 1.165) is 17.5 Å². The number of benzene rings is 1. The molecule has 0 heterocycles. The van der Waals surface area contributed by atoms with Gasteiger partial charge in [0.15, 0.2) is 0 Å². The summed E-state index contributed by atoms with van der Waals surface area (Å²) in [6.07, 6.45) is 6.98. The SMILES string of the molecule is C#CCC(CC)NCc1cc(F)ccc1C. The average molecular weight is 219 g/mol. The van der Waals surface area contributed by atoms with E-state index in [1.165, 1.54) is 6.07 Å². The van der Waals surface area contributed by atoms with E-state index in [1.54, 1.807) is 12.1 Å². The molecule has 0 saturated carbocycles. The number of hydrogen-bond donors (Lipinski definition) is 1. The van der Waals surface area contributed by atoms with Gasteiger partial charge in [-0.2, -0.15) is 0 Å². The van der Waals surface area contributed by atoms with Crippen LogP contribution in [0.2, 0.25) is 0 Å². The Morgan fingerprint density at radius 1 is 1.50 bits per heavy atom. The number of rotatable bonds is 5. The minimum atomic E-state index is -0.188. The van der Waals surface area contributed by atoms with Gasteiger partial charge in [0.25, 0.3) is 0 Å². The minimum Gasteiger partial charge on any atom is -0.309 e. The highest BCUT2D eigenvalue weighted by Crippen LogP contribution is 2.10. The van der Waals surface area contributed by atoms with Gasteiger partial charge >= 0.3 is 0 Å². The van der Waals surface area contributed by atoms with Gasteiger partial charge in [0.05, 0.1) is 0 Å². The lowest BCUT2D eigenvalue weighted by molar-refractivity contribution is 0.504. The summed E-state index contributed by atoms with van der Waals surface area (Å²) < 4.78 is 13.0. The van der Waals surface area contributed by atoms with Gasteiger partial charge in [-0.3, -0.25) is 0 Å². The van der Waals surface area contributed by atoms with Crippen molar-refractivity contribution in [3.05, 3.63) is 35.1 Å². The summed E-state index contributed by atoms with van der Waals surface area (Å²) in [5, 5.41) is 3.35. The van der Waals surface area contributed by atoms with Crippen LogP contribution in [-0.2, 0) is 6.54 Å². The highest BCUT2D eigenvalue weighted by atomic mass is 19.1. The first-order chi connectivity index (χ1) is 7.67. The fraction of sp³-hybridized carbons (Fsp3) is 0.429. The molecule has 1 aromatic carbocycles. The van der Waals surface area contributed by atoms with Crippen molar-refractivity contribution in [2.45, 2.75) is 39.3 Å². The van der Waals surface area contributed by atoms with Gasteiger partial charge in [0.1, 0.15) is 5.82 Å². The van der Waals surface area contributed by atoms with Gasteiger partial charge in [-0.1, -0.05) is 13.0 Å². The Kier molecular flexibility index (Phi) is 5.01. The van der Waals surface area contributed by atoms with Gasteiger partial charge in [-0.25, -0.2) is 4.39 Å². The second-order valence-electron chi connectivity index (χ2n) is 3.97. The van der Waals surface area contributed by atoms with E-state index >= 15 is 0 Å². The first-order valence-electron chi connectivity index (χ1n) is 5.59. The molecule has 0 radical (unpaired) electrons. The molecule has 0 aliphatic carbocycles. The third kappa shape index (κ3) is 3.67. The second kappa shape index (κ2) is 6.30. The van der Waals surface area contributed by atoms with E-state index in [0.29, 0.717) is 19.0 Å². The van der Waals surface area contributed by atoms with Gasteiger partial charge in [0, 0.05) is 19.0 Å². The van der Waals surface area contributed by atoms with Crippen molar-refractivity contribution in [3.8, 4) is 12.3 Å². The van der Waals surface area contributed by atoms with Gasteiger partial charge in [-0.15, -0.1) is 12.3 Å². The van der Waals surface area contributed by atoms with Crippen molar-refractivity contribution in [1.29, 1.82) is 0 Å². The Labute approximate surface area is 97.1 Å².